The number of hydrogen-bond acceptors (Lipinski definition) is 4. The van der Waals surface area contributed by atoms with Crippen molar-refractivity contribution in [3.63, 3.8) is 0 Å². The van der Waals surface area contributed by atoms with E-state index in [1.54, 1.807) is 19.2 Å². The zero-order chi connectivity index (χ0) is 17.6. The van der Waals surface area contributed by atoms with Crippen molar-refractivity contribution in [2.24, 2.45) is 0 Å². The number of rotatable bonds is 6. The molecule has 1 unspecified atom stereocenters. The summed E-state index contributed by atoms with van der Waals surface area (Å²) in [7, 11) is 1.67. The van der Waals surface area contributed by atoms with Gasteiger partial charge in [-0.3, -0.25) is 4.79 Å². The van der Waals surface area contributed by atoms with Gasteiger partial charge in [-0.05, 0) is 36.6 Å². The van der Waals surface area contributed by atoms with Gasteiger partial charge in [-0.15, -0.1) is 0 Å². The predicted molar refractivity (Wildman–Crippen MR) is 98.2 cm³/mol. The molecule has 2 aromatic carbocycles. The highest BCUT2D eigenvalue weighted by atomic mass is 16.5. The first-order valence-electron chi connectivity index (χ1n) is 8.61. The predicted octanol–water partition coefficient (Wildman–Crippen LogP) is 2.73. The lowest BCUT2D eigenvalue weighted by molar-refractivity contribution is -0.121. The van der Waals surface area contributed by atoms with Crippen LogP contribution in [0.4, 0.5) is 5.69 Å². The van der Waals surface area contributed by atoms with Crippen molar-refractivity contribution in [2.75, 3.05) is 25.1 Å². The van der Waals surface area contributed by atoms with E-state index in [4.69, 9.17) is 4.74 Å². The van der Waals surface area contributed by atoms with Crippen LogP contribution in [0, 0.1) is 0 Å². The lowest BCUT2D eigenvalue weighted by Crippen LogP contribution is -2.37. The molecule has 2 aromatic rings. The summed E-state index contributed by atoms with van der Waals surface area (Å²) in [6, 6.07) is 15.2. The lowest BCUT2D eigenvalue weighted by Gasteiger charge is -2.21. The molecule has 0 aromatic heterocycles. The Bertz CT molecular complexity index is 732. The fraction of sp³-hybridized carbons (Fsp3) is 0.350. The number of hydrogen-bond donors (Lipinski definition) is 2. The second kappa shape index (κ2) is 7.92. The summed E-state index contributed by atoms with van der Waals surface area (Å²) < 4.78 is 5.42. The van der Waals surface area contributed by atoms with Gasteiger partial charge >= 0.3 is 0 Å². The number of carbonyl (C=O) groups excluding carboxylic acids is 1. The highest BCUT2D eigenvalue weighted by molar-refractivity contribution is 5.77. The van der Waals surface area contributed by atoms with E-state index in [1.165, 1.54) is 0 Å². The minimum atomic E-state index is 0.0233. The maximum Gasteiger partial charge on any atom is 0.220 e. The average Bonchev–Trinajstić information content (AvgIpc) is 3.09. The number of carbonyl (C=O) groups is 1. The molecule has 1 heterocycles. The molecule has 0 saturated carbocycles. The van der Waals surface area contributed by atoms with Gasteiger partial charge in [0.1, 0.15) is 11.5 Å². The molecule has 132 valence electrons. The fourth-order valence-electron chi connectivity index (χ4n) is 3.26. The quantitative estimate of drug-likeness (QED) is 0.849. The van der Waals surface area contributed by atoms with E-state index in [2.05, 4.69) is 10.2 Å². The summed E-state index contributed by atoms with van der Waals surface area (Å²) in [5, 5.41) is 12.9. The third-order valence-electron chi connectivity index (χ3n) is 4.59. The number of methoxy groups -OCH3 is 1. The van der Waals surface area contributed by atoms with Gasteiger partial charge in [-0.1, -0.05) is 30.3 Å². The molecule has 1 aliphatic rings. The van der Waals surface area contributed by atoms with Crippen LogP contribution in [-0.2, 0) is 11.2 Å². The van der Waals surface area contributed by atoms with Crippen LogP contribution in [0.15, 0.2) is 48.5 Å². The van der Waals surface area contributed by atoms with Crippen molar-refractivity contribution in [1.82, 2.24) is 5.32 Å². The smallest absolute Gasteiger partial charge is 0.220 e. The summed E-state index contributed by atoms with van der Waals surface area (Å²) in [5.41, 5.74) is 1.87. The molecule has 1 aliphatic heterocycles. The van der Waals surface area contributed by atoms with E-state index >= 15 is 0 Å². The zero-order valence-corrected chi connectivity index (χ0v) is 14.4. The molecule has 25 heavy (non-hydrogen) atoms. The van der Waals surface area contributed by atoms with Crippen LogP contribution in [0.5, 0.6) is 11.5 Å². The maximum atomic E-state index is 12.2. The van der Waals surface area contributed by atoms with Crippen LogP contribution >= 0.6 is 0 Å². The summed E-state index contributed by atoms with van der Waals surface area (Å²) in [4.78, 5) is 14.5. The number of aromatic hydroxyl groups is 1. The Labute approximate surface area is 148 Å². The van der Waals surface area contributed by atoms with Crippen LogP contribution in [0.1, 0.15) is 18.4 Å². The Morgan fingerprint density at radius 3 is 2.80 bits per heavy atom. The van der Waals surface area contributed by atoms with Crippen molar-refractivity contribution in [2.45, 2.75) is 25.3 Å². The molecule has 2 N–H and O–H groups in total. The number of nitrogens with one attached hydrogen (secondary N) is 1. The molecule has 0 radical (unpaired) electrons. The van der Waals surface area contributed by atoms with Gasteiger partial charge in [0.05, 0.1) is 12.8 Å². The van der Waals surface area contributed by atoms with Crippen LogP contribution in [0.2, 0.25) is 0 Å². The van der Waals surface area contributed by atoms with Crippen LogP contribution in [0.3, 0.4) is 0 Å². The number of phenolic OH excluding ortho intramolecular Hbond substituents is 1. The number of phenols is 1. The number of nitrogens with zero attached hydrogens (tertiary/aromatic N) is 1. The summed E-state index contributed by atoms with van der Waals surface area (Å²) in [6.07, 6.45) is 1.84. The topological polar surface area (TPSA) is 61.8 Å². The number of aryl methyl sites for hydroxylation is 1. The molecule has 5 heteroatoms. The van der Waals surface area contributed by atoms with Crippen molar-refractivity contribution >= 4 is 11.6 Å². The van der Waals surface area contributed by atoms with E-state index in [0.29, 0.717) is 12.8 Å². The second-order valence-corrected chi connectivity index (χ2v) is 6.30. The standard InChI is InChI=1S/C20H24N2O3/c1-25-19-9-5-3-7-17(19)22-13-12-16(14-22)21-20(24)11-10-15-6-2-4-8-18(15)23/h2-9,16,23H,10-14H2,1H3,(H,21,24). The highest BCUT2D eigenvalue weighted by Crippen LogP contribution is 2.30. The monoisotopic (exact) mass is 340 g/mol. The van der Waals surface area contributed by atoms with Crippen molar-refractivity contribution in [1.29, 1.82) is 0 Å². The van der Waals surface area contributed by atoms with E-state index in [9.17, 15) is 9.90 Å². The largest absolute Gasteiger partial charge is 0.508 e. The van der Waals surface area contributed by atoms with Gasteiger partial charge in [0.15, 0.2) is 0 Å². The Kier molecular flexibility index (Phi) is 5.43. The number of para-hydroxylation sites is 3. The normalized spacial score (nSPS) is 16.7. The number of amides is 1. The number of anilines is 1. The van der Waals surface area contributed by atoms with Crippen LogP contribution in [0.25, 0.3) is 0 Å². The van der Waals surface area contributed by atoms with E-state index < -0.39 is 0 Å². The zero-order valence-electron chi connectivity index (χ0n) is 14.4. The van der Waals surface area contributed by atoms with Gasteiger partial charge < -0.3 is 20.1 Å². The maximum absolute atomic E-state index is 12.2. The molecule has 1 saturated heterocycles. The van der Waals surface area contributed by atoms with E-state index in [1.807, 2.05) is 36.4 Å². The van der Waals surface area contributed by atoms with Crippen LogP contribution < -0.4 is 15.0 Å². The van der Waals surface area contributed by atoms with Crippen molar-refractivity contribution < 1.29 is 14.6 Å². The van der Waals surface area contributed by atoms with Crippen LogP contribution in [-0.4, -0.2) is 37.3 Å². The molecule has 0 bridgehead atoms. The molecule has 0 aliphatic carbocycles. The molecule has 1 amide bonds. The first-order chi connectivity index (χ1) is 12.2. The van der Waals surface area contributed by atoms with E-state index in [0.717, 1.165) is 36.5 Å². The van der Waals surface area contributed by atoms with Gasteiger partial charge in [-0.2, -0.15) is 0 Å². The van der Waals surface area contributed by atoms with Gasteiger partial charge in [-0.25, -0.2) is 0 Å². The van der Waals surface area contributed by atoms with Crippen molar-refractivity contribution in [3.8, 4) is 11.5 Å². The van der Waals surface area contributed by atoms with Crippen molar-refractivity contribution in [3.05, 3.63) is 54.1 Å². The molecule has 5 nitrogen and oxygen atoms in total. The van der Waals surface area contributed by atoms with Gasteiger partial charge in [0, 0.05) is 25.6 Å². The second-order valence-electron chi connectivity index (χ2n) is 6.30. The van der Waals surface area contributed by atoms with E-state index in [-0.39, 0.29) is 17.7 Å². The first-order valence-corrected chi connectivity index (χ1v) is 8.61. The number of benzene rings is 2. The minimum Gasteiger partial charge on any atom is -0.508 e. The molecular weight excluding hydrogens is 316 g/mol. The lowest BCUT2D eigenvalue weighted by atomic mass is 10.1. The summed E-state index contributed by atoms with van der Waals surface area (Å²) in [5.74, 6) is 1.13. The molecule has 3 rings (SSSR count). The third-order valence-corrected chi connectivity index (χ3v) is 4.59. The third kappa shape index (κ3) is 4.24. The minimum absolute atomic E-state index is 0.0233. The SMILES string of the molecule is COc1ccccc1N1CCC(NC(=O)CCc2ccccc2O)C1. The molecule has 1 fully saturated rings. The first kappa shape index (κ1) is 17.1. The van der Waals surface area contributed by atoms with Gasteiger partial charge in [0.25, 0.3) is 0 Å². The number of ether oxygens (including phenoxy) is 1. The molecular formula is C20H24N2O3. The average molecular weight is 340 g/mol. The Morgan fingerprint density at radius 2 is 2.00 bits per heavy atom. The van der Waals surface area contributed by atoms with Gasteiger partial charge in [0.2, 0.25) is 5.91 Å². The highest BCUT2D eigenvalue weighted by Gasteiger charge is 2.25. The summed E-state index contributed by atoms with van der Waals surface area (Å²) >= 11 is 0. The Morgan fingerprint density at radius 1 is 1.24 bits per heavy atom. The fourth-order valence-corrected chi connectivity index (χ4v) is 3.26. The Hall–Kier alpha value is -2.69. The molecule has 1 atom stereocenters. The molecule has 0 spiro atoms. The Balaban J connectivity index is 1.51. The summed E-state index contributed by atoms with van der Waals surface area (Å²) in [6.45, 7) is 1.67.